The molecule has 0 aromatic heterocycles. The molecule has 2 heteroatoms. The second-order valence-electron chi connectivity index (χ2n) is 4.71. The van der Waals surface area contributed by atoms with Crippen LogP contribution >= 0.6 is 0 Å². The maximum Gasteiger partial charge on any atom is 0.0468 e. The molecule has 14 heavy (non-hydrogen) atoms. The topological polar surface area (TPSA) is 23.5 Å². The van der Waals surface area contributed by atoms with Crippen molar-refractivity contribution in [3.8, 4) is 0 Å². The van der Waals surface area contributed by atoms with Crippen LogP contribution in [0.25, 0.3) is 0 Å². The highest BCUT2D eigenvalue weighted by atomic mass is 16.3. The monoisotopic (exact) mass is 199 g/mol. The molecular weight excluding hydrogens is 174 g/mol. The Balaban J connectivity index is 2.25. The zero-order chi connectivity index (χ0) is 10.2. The number of aliphatic hydroxyl groups excluding tert-OH is 1. The molecule has 1 unspecified atom stereocenters. The average Bonchev–Trinajstić information content (AvgIpc) is 2.31. The minimum atomic E-state index is 0.330. The van der Waals surface area contributed by atoms with Crippen LogP contribution in [0.15, 0.2) is 0 Å². The average molecular weight is 199 g/mol. The predicted octanol–water partition coefficient (Wildman–Crippen LogP) is 2.27. The second kappa shape index (κ2) is 7.24. The van der Waals surface area contributed by atoms with Crippen LogP contribution in [0.4, 0.5) is 0 Å². The highest BCUT2D eigenvalue weighted by Crippen LogP contribution is 2.12. The smallest absolute Gasteiger partial charge is 0.0468 e. The van der Waals surface area contributed by atoms with Crippen molar-refractivity contribution in [2.75, 3.05) is 26.2 Å². The van der Waals surface area contributed by atoms with E-state index in [0.29, 0.717) is 12.5 Å². The minimum Gasteiger partial charge on any atom is -0.396 e. The van der Waals surface area contributed by atoms with Crippen molar-refractivity contribution >= 4 is 0 Å². The lowest BCUT2D eigenvalue weighted by Crippen LogP contribution is -2.31. The van der Waals surface area contributed by atoms with Crippen molar-refractivity contribution in [2.24, 2.45) is 5.92 Å². The van der Waals surface area contributed by atoms with E-state index in [4.69, 9.17) is 5.11 Å². The largest absolute Gasteiger partial charge is 0.396 e. The van der Waals surface area contributed by atoms with Crippen molar-refractivity contribution in [3.63, 3.8) is 0 Å². The first kappa shape index (κ1) is 12.0. The summed E-state index contributed by atoms with van der Waals surface area (Å²) in [6, 6.07) is 0. The van der Waals surface area contributed by atoms with Gasteiger partial charge in [-0.15, -0.1) is 0 Å². The van der Waals surface area contributed by atoms with Gasteiger partial charge in [-0.1, -0.05) is 32.6 Å². The first-order chi connectivity index (χ1) is 6.83. The quantitative estimate of drug-likeness (QED) is 0.753. The lowest BCUT2D eigenvalue weighted by atomic mass is 10.1. The van der Waals surface area contributed by atoms with Gasteiger partial charge in [0.25, 0.3) is 0 Å². The summed E-state index contributed by atoms with van der Waals surface area (Å²) in [5.41, 5.74) is 0. The Bertz CT molecular complexity index is 128. The van der Waals surface area contributed by atoms with Gasteiger partial charge < -0.3 is 10.0 Å². The molecular formula is C12H25NO. The summed E-state index contributed by atoms with van der Waals surface area (Å²) in [6.07, 6.45) is 8.32. The summed E-state index contributed by atoms with van der Waals surface area (Å²) in [5.74, 6) is 0.441. The SMILES string of the molecule is CC(CO)CN1CCCCCCCC1. The third-order valence-corrected chi connectivity index (χ3v) is 3.08. The van der Waals surface area contributed by atoms with E-state index < -0.39 is 0 Å². The van der Waals surface area contributed by atoms with Gasteiger partial charge in [-0.05, 0) is 31.8 Å². The standard InChI is InChI=1S/C12H25NO/c1-12(11-14)10-13-8-6-4-2-3-5-7-9-13/h12,14H,2-11H2,1H3. The first-order valence-electron chi connectivity index (χ1n) is 6.16. The first-order valence-corrected chi connectivity index (χ1v) is 6.16. The zero-order valence-corrected chi connectivity index (χ0v) is 9.54. The van der Waals surface area contributed by atoms with E-state index >= 15 is 0 Å². The normalized spacial score (nSPS) is 23.6. The summed E-state index contributed by atoms with van der Waals surface area (Å²) in [4.78, 5) is 2.53. The molecule has 1 saturated heterocycles. The van der Waals surface area contributed by atoms with Gasteiger partial charge in [0.1, 0.15) is 0 Å². The van der Waals surface area contributed by atoms with Crippen molar-refractivity contribution in [1.82, 2.24) is 4.90 Å². The molecule has 2 nitrogen and oxygen atoms in total. The molecule has 0 aliphatic carbocycles. The Hall–Kier alpha value is -0.0800. The molecule has 1 N–H and O–H groups in total. The fourth-order valence-corrected chi connectivity index (χ4v) is 2.17. The molecule has 84 valence electrons. The van der Waals surface area contributed by atoms with E-state index in [2.05, 4.69) is 11.8 Å². The maximum absolute atomic E-state index is 9.02. The molecule has 1 aliphatic rings. The van der Waals surface area contributed by atoms with Crippen LogP contribution in [-0.4, -0.2) is 36.2 Å². The van der Waals surface area contributed by atoms with E-state index in [1.807, 2.05) is 0 Å². The van der Waals surface area contributed by atoms with E-state index in [1.165, 1.54) is 51.6 Å². The van der Waals surface area contributed by atoms with Gasteiger partial charge in [-0.2, -0.15) is 0 Å². The van der Waals surface area contributed by atoms with Crippen LogP contribution in [-0.2, 0) is 0 Å². The summed E-state index contributed by atoms with van der Waals surface area (Å²) in [7, 11) is 0. The van der Waals surface area contributed by atoms with Crippen LogP contribution in [0.5, 0.6) is 0 Å². The number of hydrogen-bond acceptors (Lipinski definition) is 2. The lowest BCUT2D eigenvalue weighted by molar-refractivity contribution is 0.171. The molecule has 1 aliphatic heterocycles. The van der Waals surface area contributed by atoms with Crippen molar-refractivity contribution in [1.29, 1.82) is 0 Å². The van der Waals surface area contributed by atoms with Gasteiger partial charge in [0.05, 0.1) is 0 Å². The van der Waals surface area contributed by atoms with Gasteiger partial charge in [0.15, 0.2) is 0 Å². The highest BCUT2D eigenvalue weighted by molar-refractivity contribution is 4.64. The molecule has 1 heterocycles. The van der Waals surface area contributed by atoms with Gasteiger partial charge in [-0.3, -0.25) is 0 Å². The minimum absolute atomic E-state index is 0.330. The molecule has 1 atom stereocenters. The molecule has 0 spiro atoms. The number of rotatable bonds is 3. The summed E-state index contributed by atoms with van der Waals surface area (Å²) < 4.78 is 0. The zero-order valence-electron chi connectivity index (χ0n) is 9.54. The van der Waals surface area contributed by atoms with Crippen molar-refractivity contribution in [2.45, 2.75) is 45.4 Å². The Kier molecular flexibility index (Phi) is 6.20. The van der Waals surface area contributed by atoms with E-state index in [9.17, 15) is 0 Å². The molecule has 0 amide bonds. The molecule has 0 bridgehead atoms. The maximum atomic E-state index is 9.02. The van der Waals surface area contributed by atoms with Gasteiger partial charge in [0, 0.05) is 13.2 Å². The lowest BCUT2D eigenvalue weighted by Gasteiger charge is -2.24. The van der Waals surface area contributed by atoms with Crippen molar-refractivity contribution in [3.05, 3.63) is 0 Å². The van der Waals surface area contributed by atoms with Crippen LogP contribution in [0.3, 0.4) is 0 Å². The van der Waals surface area contributed by atoms with Gasteiger partial charge >= 0.3 is 0 Å². The van der Waals surface area contributed by atoms with Gasteiger partial charge in [-0.25, -0.2) is 0 Å². The third kappa shape index (κ3) is 4.97. The Morgan fingerprint density at radius 2 is 1.50 bits per heavy atom. The summed E-state index contributed by atoms with van der Waals surface area (Å²) in [5, 5.41) is 9.02. The fraction of sp³-hybridized carbons (Fsp3) is 1.00. The molecule has 0 radical (unpaired) electrons. The van der Waals surface area contributed by atoms with Crippen molar-refractivity contribution < 1.29 is 5.11 Å². The Morgan fingerprint density at radius 1 is 1.00 bits per heavy atom. The van der Waals surface area contributed by atoms with E-state index in [1.54, 1.807) is 0 Å². The van der Waals surface area contributed by atoms with Gasteiger partial charge in [0.2, 0.25) is 0 Å². The number of hydrogen-bond donors (Lipinski definition) is 1. The predicted molar refractivity (Wildman–Crippen MR) is 60.4 cm³/mol. The molecule has 1 fully saturated rings. The van der Waals surface area contributed by atoms with Crippen LogP contribution < -0.4 is 0 Å². The third-order valence-electron chi connectivity index (χ3n) is 3.08. The molecule has 1 rings (SSSR count). The molecule has 0 saturated carbocycles. The summed E-state index contributed by atoms with van der Waals surface area (Å²) in [6.45, 7) is 6.02. The summed E-state index contributed by atoms with van der Waals surface area (Å²) >= 11 is 0. The molecule has 0 aromatic rings. The van der Waals surface area contributed by atoms with E-state index in [0.717, 1.165) is 6.54 Å². The second-order valence-corrected chi connectivity index (χ2v) is 4.71. The Labute approximate surface area is 88.3 Å². The number of nitrogens with zero attached hydrogens (tertiary/aromatic N) is 1. The van der Waals surface area contributed by atoms with E-state index in [-0.39, 0.29) is 0 Å². The fourth-order valence-electron chi connectivity index (χ4n) is 2.17. The van der Waals surface area contributed by atoms with Crippen LogP contribution in [0.2, 0.25) is 0 Å². The Morgan fingerprint density at radius 3 is 2.00 bits per heavy atom. The molecule has 0 aromatic carbocycles. The highest BCUT2D eigenvalue weighted by Gasteiger charge is 2.10. The van der Waals surface area contributed by atoms with Crippen LogP contribution in [0.1, 0.15) is 45.4 Å². The number of aliphatic hydroxyl groups is 1. The van der Waals surface area contributed by atoms with Crippen LogP contribution in [0, 0.1) is 5.92 Å².